The normalized spacial score (nSPS) is 15.4. The van der Waals surface area contributed by atoms with Crippen molar-refractivity contribution in [2.45, 2.75) is 4.90 Å². The van der Waals surface area contributed by atoms with Crippen molar-refractivity contribution in [1.29, 1.82) is 0 Å². The summed E-state index contributed by atoms with van der Waals surface area (Å²) < 4.78 is 25.1. The van der Waals surface area contributed by atoms with Gasteiger partial charge in [0, 0.05) is 31.6 Å². The van der Waals surface area contributed by atoms with Crippen LogP contribution in [0.15, 0.2) is 40.7 Å². The Kier molecular flexibility index (Phi) is 4.25. The van der Waals surface area contributed by atoms with E-state index in [0.717, 1.165) is 0 Å². The average Bonchev–Trinajstić information content (AvgIpc) is 3.21. The molecule has 4 rings (SSSR count). The van der Waals surface area contributed by atoms with Crippen LogP contribution in [0.2, 0.25) is 0 Å². The molecular weight excluding hydrogens is 392 g/mol. The molecule has 12 heteroatoms. The molecule has 3 aromatic rings. The number of para-hydroxylation sites is 1. The highest BCUT2D eigenvalue weighted by Crippen LogP contribution is 2.32. The number of nitrogens with two attached hydrogens (primary N) is 1. The number of nitro groups is 1. The summed E-state index contributed by atoms with van der Waals surface area (Å²) in [4.78, 5) is 19.9. The Bertz CT molecular complexity index is 1110. The van der Waals surface area contributed by atoms with E-state index in [0.29, 0.717) is 42.6 Å². The van der Waals surface area contributed by atoms with Gasteiger partial charge in [-0.2, -0.15) is 9.38 Å². The van der Waals surface area contributed by atoms with Crippen LogP contribution >= 0.6 is 11.3 Å². The summed E-state index contributed by atoms with van der Waals surface area (Å²) in [7, 11) is -3.84. The second kappa shape index (κ2) is 6.48. The van der Waals surface area contributed by atoms with E-state index in [1.165, 1.54) is 21.8 Å². The van der Waals surface area contributed by atoms with Crippen LogP contribution in [0.25, 0.3) is 4.96 Å². The third-order valence-corrected chi connectivity index (χ3v) is 6.20. The first-order chi connectivity index (χ1) is 12.9. The Morgan fingerprint density at radius 1 is 1.15 bits per heavy atom. The van der Waals surface area contributed by atoms with Crippen LogP contribution in [0.1, 0.15) is 0 Å². The van der Waals surface area contributed by atoms with Gasteiger partial charge < -0.3 is 19.9 Å². The first-order valence-electron chi connectivity index (χ1n) is 8.08. The van der Waals surface area contributed by atoms with Gasteiger partial charge in [0.15, 0.2) is 0 Å². The zero-order valence-corrected chi connectivity index (χ0v) is 15.7. The van der Waals surface area contributed by atoms with Crippen molar-refractivity contribution in [2.75, 3.05) is 36.0 Å². The highest BCUT2D eigenvalue weighted by Gasteiger charge is 2.31. The minimum atomic E-state index is -3.84. The average molecular weight is 408 g/mol. The summed E-state index contributed by atoms with van der Waals surface area (Å²) in [6.07, 6.45) is 1.63. The van der Waals surface area contributed by atoms with Crippen molar-refractivity contribution >= 4 is 43.6 Å². The lowest BCUT2D eigenvalue weighted by Gasteiger charge is -2.36. The number of rotatable bonds is 4. The molecule has 0 bridgehead atoms. The summed E-state index contributed by atoms with van der Waals surface area (Å²) in [6.45, 7) is 1.94. The lowest BCUT2D eigenvalue weighted by Crippen LogP contribution is -2.47. The summed E-state index contributed by atoms with van der Waals surface area (Å²) in [5, 5.41) is 18.6. The number of piperazine rings is 1. The molecule has 0 spiro atoms. The van der Waals surface area contributed by atoms with Gasteiger partial charge in [-0.3, -0.25) is 0 Å². The number of imidazole rings is 1. The van der Waals surface area contributed by atoms with Gasteiger partial charge in [0.25, 0.3) is 4.96 Å². The van der Waals surface area contributed by atoms with Gasteiger partial charge in [-0.25, -0.2) is 13.6 Å². The van der Waals surface area contributed by atoms with Crippen LogP contribution in [-0.4, -0.2) is 48.9 Å². The number of aromatic nitrogens is 2. The standard InChI is InChI=1S/C15H16N6O4S2/c16-27(24,25)12-4-2-1-3-11(12)18-5-7-19(8-6-18)13-14(21(22)23)20-9-10-26-15(20)17-13/h1-4,9-10H,5-8H2,(H2,16,24,25). The number of nitrogens with zero attached hydrogens (tertiary/aromatic N) is 5. The molecule has 1 aliphatic heterocycles. The van der Waals surface area contributed by atoms with Crippen LogP contribution in [0.4, 0.5) is 17.3 Å². The minimum absolute atomic E-state index is 0.0513. The van der Waals surface area contributed by atoms with Crippen LogP contribution in [0, 0.1) is 10.1 Å². The maximum atomic E-state index is 11.8. The van der Waals surface area contributed by atoms with E-state index in [2.05, 4.69) is 4.98 Å². The molecular formula is C15H16N6O4S2. The van der Waals surface area contributed by atoms with E-state index in [9.17, 15) is 18.5 Å². The van der Waals surface area contributed by atoms with Crippen LogP contribution < -0.4 is 14.9 Å². The van der Waals surface area contributed by atoms with Crippen molar-refractivity contribution in [3.05, 3.63) is 46.0 Å². The number of sulfonamides is 1. The van der Waals surface area contributed by atoms with Gasteiger partial charge in [-0.15, -0.1) is 0 Å². The Balaban J connectivity index is 1.60. The summed E-state index contributed by atoms with van der Waals surface area (Å²) in [5.41, 5.74) is 0.542. The van der Waals surface area contributed by atoms with E-state index in [1.807, 2.05) is 9.80 Å². The predicted molar refractivity (Wildman–Crippen MR) is 102 cm³/mol. The third-order valence-electron chi connectivity index (χ3n) is 4.48. The van der Waals surface area contributed by atoms with E-state index < -0.39 is 14.9 Å². The molecule has 0 aliphatic carbocycles. The monoisotopic (exact) mass is 408 g/mol. The molecule has 27 heavy (non-hydrogen) atoms. The SMILES string of the molecule is NS(=O)(=O)c1ccccc1N1CCN(c2nc3sccn3c2[N+](=O)[O-])CC1. The molecule has 1 aliphatic rings. The lowest BCUT2D eigenvalue weighted by molar-refractivity contribution is -0.389. The van der Waals surface area contributed by atoms with E-state index in [1.54, 1.807) is 29.8 Å². The topological polar surface area (TPSA) is 127 Å². The summed E-state index contributed by atoms with van der Waals surface area (Å²) in [6, 6.07) is 6.57. The zero-order chi connectivity index (χ0) is 19.2. The largest absolute Gasteiger partial charge is 0.373 e. The number of primary sulfonamides is 1. The maximum Gasteiger partial charge on any atom is 0.373 e. The fourth-order valence-corrected chi connectivity index (χ4v) is 4.72. The van der Waals surface area contributed by atoms with Crippen molar-refractivity contribution in [2.24, 2.45) is 5.14 Å². The van der Waals surface area contributed by atoms with E-state index in [4.69, 9.17) is 5.14 Å². The van der Waals surface area contributed by atoms with E-state index in [-0.39, 0.29) is 10.7 Å². The number of thiazole rings is 1. The molecule has 0 amide bonds. The van der Waals surface area contributed by atoms with Gasteiger partial charge in [-0.05, 0) is 17.1 Å². The first-order valence-corrected chi connectivity index (χ1v) is 10.5. The Labute approximate surface area is 158 Å². The molecule has 1 aromatic carbocycles. The molecule has 2 aromatic heterocycles. The summed E-state index contributed by atoms with van der Waals surface area (Å²) in [5.74, 6) is 0.288. The minimum Gasteiger partial charge on any atom is -0.367 e. The lowest BCUT2D eigenvalue weighted by atomic mass is 10.2. The van der Waals surface area contributed by atoms with Gasteiger partial charge in [-0.1, -0.05) is 23.5 Å². The van der Waals surface area contributed by atoms with Gasteiger partial charge in [0.1, 0.15) is 11.1 Å². The van der Waals surface area contributed by atoms with Gasteiger partial charge in [0.05, 0.1) is 5.69 Å². The number of hydrogen-bond donors (Lipinski definition) is 1. The fourth-order valence-electron chi connectivity index (χ4n) is 3.26. The number of hydrogen-bond acceptors (Lipinski definition) is 8. The Morgan fingerprint density at radius 2 is 1.81 bits per heavy atom. The third kappa shape index (κ3) is 3.11. The molecule has 0 saturated carbocycles. The predicted octanol–water partition coefficient (Wildman–Crippen LogP) is 1.28. The quantitative estimate of drug-likeness (QED) is 0.509. The summed E-state index contributed by atoms with van der Waals surface area (Å²) >= 11 is 1.34. The molecule has 142 valence electrons. The van der Waals surface area contributed by atoms with Crippen LogP contribution in [-0.2, 0) is 10.0 Å². The van der Waals surface area contributed by atoms with Crippen LogP contribution in [0.5, 0.6) is 0 Å². The second-order valence-corrected chi connectivity index (χ2v) is 8.46. The fraction of sp³-hybridized carbons (Fsp3) is 0.267. The molecule has 0 atom stereocenters. The second-order valence-electron chi connectivity index (χ2n) is 6.06. The Morgan fingerprint density at radius 3 is 2.48 bits per heavy atom. The number of anilines is 2. The van der Waals surface area contributed by atoms with Crippen molar-refractivity contribution in [3.63, 3.8) is 0 Å². The van der Waals surface area contributed by atoms with Gasteiger partial charge >= 0.3 is 5.82 Å². The first kappa shape index (κ1) is 17.7. The zero-order valence-electron chi connectivity index (χ0n) is 14.1. The Hall–Kier alpha value is -2.70. The molecule has 3 heterocycles. The van der Waals surface area contributed by atoms with Crippen molar-refractivity contribution in [3.8, 4) is 0 Å². The molecule has 0 unspecified atom stereocenters. The smallest absolute Gasteiger partial charge is 0.367 e. The molecule has 0 radical (unpaired) electrons. The number of benzene rings is 1. The number of fused-ring (bicyclic) bond motifs is 1. The van der Waals surface area contributed by atoms with Crippen molar-refractivity contribution < 1.29 is 13.3 Å². The van der Waals surface area contributed by atoms with Gasteiger partial charge in [0.2, 0.25) is 15.8 Å². The highest BCUT2D eigenvalue weighted by molar-refractivity contribution is 7.89. The van der Waals surface area contributed by atoms with Crippen LogP contribution in [0.3, 0.4) is 0 Å². The van der Waals surface area contributed by atoms with E-state index >= 15 is 0 Å². The molecule has 2 N–H and O–H groups in total. The molecule has 10 nitrogen and oxygen atoms in total. The molecule has 1 fully saturated rings. The van der Waals surface area contributed by atoms with Crippen molar-refractivity contribution in [1.82, 2.24) is 9.38 Å². The maximum absolute atomic E-state index is 11.8. The highest BCUT2D eigenvalue weighted by atomic mass is 32.2. The molecule has 1 saturated heterocycles.